The number of aryl methyl sites for hydroxylation is 2. The van der Waals surface area contributed by atoms with Gasteiger partial charge in [0.2, 0.25) is 5.91 Å². The summed E-state index contributed by atoms with van der Waals surface area (Å²) in [6, 6.07) is 6.76. The highest BCUT2D eigenvalue weighted by atomic mass is 16.5. The molecule has 8 nitrogen and oxygen atoms in total. The number of nitrogens with two attached hydrogens (primary N) is 1. The van der Waals surface area contributed by atoms with Crippen LogP contribution in [0.1, 0.15) is 52.5 Å². The lowest BCUT2D eigenvalue weighted by Gasteiger charge is -2.26. The van der Waals surface area contributed by atoms with Crippen LogP contribution < -0.4 is 26.1 Å². The van der Waals surface area contributed by atoms with Crippen LogP contribution in [-0.4, -0.2) is 31.0 Å². The fourth-order valence-electron chi connectivity index (χ4n) is 3.61. The molecule has 1 heterocycles. The van der Waals surface area contributed by atoms with E-state index in [-0.39, 0.29) is 23.9 Å². The number of amides is 2. The number of hydrogen-bond acceptors (Lipinski definition) is 5. The summed E-state index contributed by atoms with van der Waals surface area (Å²) < 4.78 is 10.5. The molecule has 0 radical (unpaired) electrons. The molecule has 1 aromatic carbocycles. The molecule has 1 aromatic heterocycles. The normalized spacial score (nSPS) is 15.3. The molecule has 2 aromatic rings. The largest absolute Gasteiger partial charge is 0.497 e. The van der Waals surface area contributed by atoms with Crippen molar-refractivity contribution < 1.29 is 19.1 Å². The number of pyridine rings is 1. The smallest absolute Gasteiger partial charge is 0.261 e. The zero-order chi connectivity index (χ0) is 21.0. The lowest BCUT2D eigenvalue weighted by Crippen LogP contribution is -2.34. The summed E-state index contributed by atoms with van der Waals surface area (Å²) in [4.78, 5) is 38.7. The van der Waals surface area contributed by atoms with Gasteiger partial charge in [0.1, 0.15) is 17.1 Å². The molecule has 1 atom stereocenters. The average Bonchev–Trinajstić information content (AvgIpc) is 2.71. The lowest BCUT2D eigenvalue weighted by molar-refractivity contribution is -0.121. The van der Waals surface area contributed by atoms with Crippen molar-refractivity contribution in [1.29, 1.82) is 0 Å². The summed E-state index contributed by atoms with van der Waals surface area (Å²) in [5, 5.41) is 3.01. The Morgan fingerprint density at radius 3 is 2.48 bits per heavy atom. The Hall–Kier alpha value is -3.29. The van der Waals surface area contributed by atoms with Gasteiger partial charge in [0.25, 0.3) is 11.5 Å². The van der Waals surface area contributed by atoms with E-state index in [1.54, 1.807) is 20.3 Å². The fraction of sp³-hybridized carbons (Fsp3) is 0.381. The third kappa shape index (κ3) is 4.77. The van der Waals surface area contributed by atoms with Crippen molar-refractivity contribution in [2.45, 2.75) is 38.1 Å². The Morgan fingerprint density at radius 2 is 1.86 bits per heavy atom. The molecule has 3 rings (SSSR count). The molecule has 0 saturated carbocycles. The Labute approximate surface area is 168 Å². The summed E-state index contributed by atoms with van der Waals surface area (Å²) >= 11 is 0. The fourth-order valence-corrected chi connectivity index (χ4v) is 3.61. The maximum Gasteiger partial charge on any atom is 0.261 e. The second kappa shape index (κ2) is 8.81. The van der Waals surface area contributed by atoms with Crippen molar-refractivity contribution >= 4 is 11.8 Å². The van der Waals surface area contributed by atoms with Crippen molar-refractivity contribution in [2.75, 3.05) is 14.2 Å². The molecule has 29 heavy (non-hydrogen) atoms. The van der Waals surface area contributed by atoms with Gasteiger partial charge in [0, 0.05) is 18.2 Å². The number of benzene rings is 1. The van der Waals surface area contributed by atoms with Gasteiger partial charge in [0.15, 0.2) is 0 Å². The minimum Gasteiger partial charge on any atom is -0.497 e. The number of ether oxygens (including phenoxy) is 2. The molecular weight excluding hydrogens is 374 g/mol. The van der Waals surface area contributed by atoms with Crippen LogP contribution in [-0.2, 0) is 17.6 Å². The predicted octanol–water partition coefficient (Wildman–Crippen LogP) is 1.62. The monoisotopic (exact) mass is 399 g/mol. The Bertz CT molecular complexity index is 961. The van der Waals surface area contributed by atoms with Crippen molar-refractivity contribution in [3.05, 3.63) is 57.0 Å². The van der Waals surface area contributed by atoms with E-state index in [1.807, 2.05) is 12.1 Å². The van der Waals surface area contributed by atoms with Crippen LogP contribution in [0.3, 0.4) is 0 Å². The van der Waals surface area contributed by atoms with Crippen LogP contribution in [0.15, 0.2) is 29.1 Å². The molecular formula is C21H25N3O5. The molecule has 0 aliphatic heterocycles. The third-order valence-corrected chi connectivity index (χ3v) is 5.10. The van der Waals surface area contributed by atoms with Crippen molar-refractivity contribution in [2.24, 2.45) is 5.73 Å². The zero-order valence-electron chi connectivity index (χ0n) is 16.5. The minimum atomic E-state index is -0.781. The number of methoxy groups -OCH3 is 2. The number of hydrogen-bond donors (Lipinski definition) is 3. The summed E-state index contributed by atoms with van der Waals surface area (Å²) in [5.74, 6) is 0.445. The molecule has 0 spiro atoms. The van der Waals surface area contributed by atoms with Gasteiger partial charge >= 0.3 is 0 Å². The number of nitrogens with one attached hydrogen (secondary N) is 2. The first-order chi connectivity index (χ1) is 13.9. The molecule has 0 fully saturated rings. The molecule has 1 aliphatic carbocycles. The molecule has 1 aliphatic rings. The lowest BCUT2D eigenvalue weighted by atomic mass is 9.90. The molecule has 0 saturated heterocycles. The van der Waals surface area contributed by atoms with Gasteiger partial charge in [-0.25, -0.2) is 0 Å². The molecule has 0 bridgehead atoms. The molecule has 8 heteroatoms. The first-order valence-electron chi connectivity index (χ1n) is 9.48. The Kier molecular flexibility index (Phi) is 6.21. The number of rotatable bonds is 7. The van der Waals surface area contributed by atoms with Gasteiger partial charge in [-0.2, -0.15) is 0 Å². The van der Waals surface area contributed by atoms with E-state index in [2.05, 4.69) is 10.3 Å². The van der Waals surface area contributed by atoms with Gasteiger partial charge in [-0.3, -0.25) is 14.4 Å². The Balaban J connectivity index is 1.70. The average molecular weight is 399 g/mol. The first-order valence-corrected chi connectivity index (χ1v) is 9.48. The van der Waals surface area contributed by atoms with E-state index < -0.39 is 11.5 Å². The number of aromatic nitrogens is 1. The molecule has 2 amide bonds. The highest BCUT2D eigenvalue weighted by Crippen LogP contribution is 2.28. The van der Waals surface area contributed by atoms with Crippen molar-refractivity contribution in [3.63, 3.8) is 0 Å². The maximum atomic E-state index is 12.6. The van der Waals surface area contributed by atoms with E-state index in [4.69, 9.17) is 15.2 Å². The third-order valence-electron chi connectivity index (χ3n) is 5.10. The van der Waals surface area contributed by atoms with Crippen LogP contribution in [0.25, 0.3) is 0 Å². The van der Waals surface area contributed by atoms with Crippen LogP contribution in [0, 0.1) is 0 Å². The van der Waals surface area contributed by atoms with Crippen LogP contribution in [0.4, 0.5) is 0 Å². The highest BCUT2D eigenvalue weighted by Gasteiger charge is 2.24. The number of aromatic amines is 1. The van der Waals surface area contributed by atoms with Crippen LogP contribution in [0.5, 0.6) is 11.5 Å². The SMILES string of the molecule is COc1cc(CCC(=O)NC2CCCc3[nH]c(=O)c(C(N)=O)cc32)cc(OC)c1. The molecule has 4 N–H and O–H groups in total. The summed E-state index contributed by atoms with van der Waals surface area (Å²) in [6.45, 7) is 0. The first kappa shape index (κ1) is 20.4. The molecule has 1 unspecified atom stereocenters. The van der Waals surface area contributed by atoms with Crippen molar-refractivity contribution in [1.82, 2.24) is 10.3 Å². The summed E-state index contributed by atoms with van der Waals surface area (Å²) in [6.07, 6.45) is 3.07. The predicted molar refractivity (Wildman–Crippen MR) is 107 cm³/mol. The number of carbonyl (C=O) groups is 2. The van der Waals surface area contributed by atoms with Crippen LogP contribution >= 0.6 is 0 Å². The Morgan fingerprint density at radius 1 is 1.17 bits per heavy atom. The second-order valence-electron chi connectivity index (χ2n) is 7.04. The number of carbonyl (C=O) groups excluding carboxylic acids is 2. The number of fused-ring (bicyclic) bond motifs is 1. The van der Waals surface area contributed by atoms with E-state index >= 15 is 0 Å². The van der Waals surface area contributed by atoms with E-state index in [0.29, 0.717) is 24.3 Å². The van der Waals surface area contributed by atoms with Crippen LogP contribution in [0.2, 0.25) is 0 Å². The van der Waals surface area contributed by atoms with E-state index in [1.165, 1.54) is 6.07 Å². The van der Waals surface area contributed by atoms with E-state index in [9.17, 15) is 14.4 Å². The standard InChI is InChI=1S/C21H25N3O5/c1-28-13-8-12(9-14(10-13)29-2)6-7-19(25)23-17-4-3-5-18-15(17)11-16(20(22)26)21(27)24-18/h8-11,17H,3-7H2,1-2H3,(H2,22,26)(H,23,25)(H,24,27). The summed E-state index contributed by atoms with van der Waals surface area (Å²) in [5.41, 5.74) is 7.13. The van der Waals surface area contributed by atoms with Gasteiger partial charge < -0.3 is 25.5 Å². The highest BCUT2D eigenvalue weighted by molar-refractivity contribution is 5.92. The molecule has 154 valence electrons. The second-order valence-corrected chi connectivity index (χ2v) is 7.04. The quantitative estimate of drug-likeness (QED) is 0.653. The zero-order valence-corrected chi connectivity index (χ0v) is 16.5. The van der Waals surface area contributed by atoms with Gasteiger partial charge in [-0.1, -0.05) is 0 Å². The maximum absolute atomic E-state index is 12.6. The topological polar surface area (TPSA) is 124 Å². The van der Waals surface area contributed by atoms with Gasteiger partial charge in [0.05, 0.1) is 20.3 Å². The number of H-pyrrole nitrogens is 1. The van der Waals surface area contributed by atoms with Crippen molar-refractivity contribution in [3.8, 4) is 11.5 Å². The number of primary amides is 1. The minimum absolute atomic E-state index is 0.0895. The summed E-state index contributed by atoms with van der Waals surface area (Å²) in [7, 11) is 3.16. The van der Waals surface area contributed by atoms with E-state index in [0.717, 1.165) is 29.7 Å². The van der Waals surface area contributed by atoms with Gasteiger partial charge in [-0.05, 0) is 55.0 Å². The van der Waals surface area contributed by atoms with Gasteiger partial charge in [-0.15, -0.1) is 0 Å².